The van der Waals surface area contributed by atoms with E-state index in [-0.39, 0.29) is 23.7 Å². The lowest BCUT2D eigenvalue weighted by Gasteiger charge is -2.39. The maximum Gasteiger partial charge on any atom is 0.410 e. The number of benzene rings is 2. The Labute approximate surface area is 208 Å². The van der Waals surface area contributed by atoms with Crippen LogP contribution in [0, 0.1) is 6.92 Å². The summed E-state index contributed by atoms with van der Waals surface area (Å²) in [5, 5.41) is 9.93. The molecule has 0 radical (unpaired) electrons. The zero-order valence-corrected chi connectivity index (χ0v) is 20.3. The molecular formula is C27H27N3O4S. The number of carbonyl (C=O) groups is 2. The van der Waals surface area contributed by atoms with E-state index in [9.17, 15) is 9.59 Å². The molecule has 2 saturated heterocycles. The molecule has 2 aliphatic heterocycles. The number of aryl methyl sites for hydroxylation is 1. The second-order valence-corrected chi connectivity index (χ2v) is 9.91. The van der Waals surface area contributed by atoms with Crippen LogP contribution in [-0.4, -0.2) is 52.8 Å². The summed E-state index contributed by atoms with van der Waals surface area (Å²) in [7, 11) is 0. The molecule has 2 fully saturated rings. The van der Waals surface area contributed by atoms with Gasteiger partial charge in [0.25, 0.3) is 0 Å². The van der Waals surface area contributed by atoms with E-state index in [2.05, 4.69) is 23.1 Å². The standard InChI is InChI=1S/C27H27N3O4S/c1-18-23(11-12-25(28-18)35-22-9-7-20(8-10-22)26(31)32)29-15-13-21(14-16-29)30-24(17-34-27(30)33)19-5-3-2-4-6-19/h2-12,21,24H,13-17H2,1H3,(H,31,32)/t24-/m0/s1. The zero-order valence-electron chi connectivity index (χ0n) is 19.5. The molecule has 35 heavy (non-hydrogen) atoms. The quantitative estimate of drug-likeness (QED) is 0.496. The molecular weight excluding hydrogens is 462 g/mol. The Morgan fingerprint density at radius 3 is 2.40 bits per heavy atom. The average Bonchev–Trinajstić information content (AvgIpc) is 3.26. The number of cyclic esters (lactones) is 1. The van der Waals surface area contributed by atoms with Gasteiger partial charge in [-0.15, -0.1) is 0 Å². The van der Waals surface area contributed by atoms with Crippen LogP contribution in [0.4, 0.5) is 10.5 Å². The van der Waals surface area contributed by atoms with Crippen LogP contribution in [0.2, 0.25) is 0 Å². The molecule has 1 atom stereocenters. The van der Waals surface area contributed by atoms with E-state index in [0.29, 0.717) is 6.61 Å². The van der Waals surface area contributed by atoms with Gasteiger partial charge in [0.05, 0.1) is 23.0 Å². The number of rotatable bonds is 6. The molecule has 0 bridgehead atoms. The summed E-state index contributed by atoms with van der Waals surface area (Å²) in [6.07, 6.45) is 1.54. The third kappa shape index (κ3) is 4.98. The van der Waals surface area contributed by atoms with Crippen LogP contribution in [-0.2, 0) is 4.74 Å². The first-order chi connectivity index (χ1) is 17.0. The van der Waals surface area contributed by atoms with E-state index in [1.54, 1.807) is 24.3 Å². The fourth-order valence-corrected chi connectivity index (χ4v) is 5.69. The summed E-state index contributed by atoms with van der Waals surface area (Å²) in [6, 6.07) is 21.2. The molecule has 1 aromatic heterocycles. The number of amides is 1. The lowest BCUT2D eigenvalue weighted by molar-refractivity contribution is 0.0696. The fraction of sp³-hybridized carbons (Fsp3) is 0.296. The van der Waals surface area contributed by atoms with Crippen molar-refractivity contribution in [1.29, 1.82) is 0 Å². The highest BCUT2D eigenvalue weighted by atomic mass is 32.2. The van der Waals surface area contributed by atoms with Crippen molar-refractivity contribution in [3.8, 4) is 0 Å². The molecule has 0 unspecified atom stereocenters. The number of pyridine rings is 1. The van der Waals surface area contributed by atoms with Crippen LogP contribution in [0.1, 0.15) is 40.5 Å². The number of carbonyl (C=O) groups excluding carboxylic acids is 1. The molecule has 0 spiro atoms. The highest BCUT2D eigenvalue weighted by Gasteiger charge is 2.40. The number of carboxylic acid groups (broad SMARTS) is 1. The van der Waals surface area contributed by atoms with E-state index in [1.807, 2.05) is 36.1 Å². The topological polar surface area (TPSA) is 83.0 Å². The highest BCUT2D eigenvalue weighted by Crippen LogP contribution is 2.35. The van der Waals surface area contributed by atoms with Crippen molar-refractivity contribution < 1.29 is 19.4 Å². The summed E-state index contributed by atoms with van der Waals surface area (Å²) in [6.45, 7) is 4.12. The molecule has 5 rings (SSSR count). The lowest BCUT2D eigenvalue weighted by atomic mass is 9.98. The van der Waals surface area contributed by atoms with E-state index < -0.39 is 5.97 Å². The Morgan fingerprint density at radius 2 is 1.74 bits per heavy atom. The Balaban J connectivity index is 1.23. The molecule has 0 saturated carbocycles. The Bertz CT molecular complexity index is 1210. The van der Waals surface area contributed by atoms with Crippen molar-refractivity contribution in [1.82, 2.24) is 9.88 Å². The minimum absolute atomic E-state index is 0.0236. The molecule has 1 N–H and O–H groups in total. The van der Waals surface area contributed by atoms with Crippen LogP contribution in [0.5, 0.6) is 0 Å². The summed E-state index contributed by atoms with van der Waals surface area (Å²) in [5.74, 6) is -0.930. The first-order valence-corrected chi connectivity index (χ1v) is 12.5. The minimum atomic E-state index is -0.930. The molecule has 0 aliphatic carbocycles. The molecule has 1 amide bonds. The van der Waals surface area contributed by atoms with Gasteiger partial charge in [0.1, 0.15) is 11.6 Å². The number of carboxylic acids is 1. The number of anilines is 1. The lowest BCUT2D eigenvalue weighted by Crippen LogP contribution is -2.46. The Kier molecular flexibility index (Phi) is 6.63. The van der Waals surface area contributed by atoms with Crippen LogP contribution < -0.4 is 4.90 Å². The van der Waals surface area contributed by atoms with Crippen molar-refractivity contribution >= 4 is 29.5 Å². The molecule has 2 aromatic carbocycles. The highest BCUT2D eigenvalue weighted by molar-refractivity contribution is 7.99. The summed E-state index contributed by atoms with van der Waals surface area (Å²) >= 11 is 1.51. The number of nitrogens with zero attached hydrogens (tertiary/aromatic N) is 3. The van der Waals surface area contributed by atoms with Gasteiger partial charge in [0, 0.05) is 24.0 Å². The molecule has 7 nitrogen and oxygen atoms in total. The number of piperidine rings is 1. The largest absolute Gasteiger partial charge is 0.478 e. The van der Waals surface area contributed by atoms with Gasteiger partial charge in [0.2, 0.25) is 0 Å². The Morgan fingerprint density at radius 1 is 1.03 bits per heavy atom. The third-order valence-electron chi connectivity index (χ3n) is 6.65. The first kappa shape index (κ1) is 23.2. The van der Waals surface area contributed by atoms with Crippen molar-refractivity contribution in [2.45, 2.75) is 41.8 Å². The molecule has 3 aromatic rings. The predicted octanol–water partition coefficient (Wildman–Crippen LogP) is 5.40. The maximum atomic E-state index is 12.6. The van der Waals surface area contributed by atoms with Crippen molar-refractivity contribution in [2.75, 3.05) is 24.6 Å². The monoisotopic (exact) mass is 489 g/mol. The van der Waals surface area contributed by atoms with Gasteiger partial charge in [-0.3, -0.25) is 4.90 Å². The summed E-state index contributed by atoms with van der Waals surface area (Å²) in [4.78, 5) is 33.6. The normalized spacial score (nSPS) is 18.5. The summed E-state index contributed by atoms with van der Waals surface area (Å²) in [5.41, 5.74) is 3.46. The van der Waals surface area contributed by atoms with Crippen LogP contribution in [0.25, 0.3) is 0 Å². The number of ether oxygens (including phenoxy) is 1. The molecule has 180 valence electrons. The van der Waals surface area contributed by atoms with Crippen molar-refractivity contribution in [3.63, 3.8) is 0 Å². The van der Waals surface area contributed by atoms with E-state index in [4.69, 9.17) is 14.8 Å². The van der Waals surface area contributed by atoms with Gasteiger partial charge in [-0.1, -0.05) is 42.1 Å². The third-order valence-corrected chi connectivity index (χ3v) is 7.59. The van der Waals surface area contributed by atoms with Crippen LogP contribution >= 0.6 is 11.8 Å². The average molecular weight is 490 g/mol. The number of aromatic nitrogens is 1. The molecule has 8 heteroatoms. The minimum Gasteiger partial charge on any atom is -0.478 e. The van der Waals surface area contributed by atoms with Gasteiger partial charge in [-0.25, -0.2) is 14.6 Å². The van der Waals surface area contributed by atoms with Crippen molar-refractivity contribution in [2.24, 2.45) is 0 Å². The molecule has 2 aliphatic rings. The van der Waals surface area contributed by atoms with E-state index in [0.717, 1.165) is 52.8 Å². The predicted molar refractivity (Wildman–Crippen MR) is 134 cm³/mol. The Hall–Kier alpha value is -3.52. The van der Waals surface area contributed by atoms with Crippen molar-refractivity contribution in [3.05, 3.63) is 83.6 Å². The smallest absolute Gasteiger partial charge is 0.410 e. The van der Waals surface area contributed by atoms with Gasteiger partial charge < -0.3 is 14.7 Å². The van der Waals surface area contributed by atoms with E-state index >= 15 is 0 Å². The van der Waals surface area contributed by atoms with Crippen LogP contribution in [0.3, 0.4) is 0 Å². The van der Waals surface area contributed by atoms with Crippen LogP contribution in [0.15, 0.2) is 76.7 Å². The SMILES string of the molecule is Cc1nc(Sc2ccc(C(=O)O)cc2)ccc1N1CCC(N2C(=O)OC[C@H]2c2ccccc2)CC1. The van der Waals surface area contributed by atoms with E-state index in [1.165, 1.54) is 11.8 Å². The second kappa shape index (κ2) is 10.00. The number of aromatic carboxylic acids is 1. The van der Waals surface area contributed by atoms with Gasteiger partial charge >= 0.3 is 12.1 Å². The number of hydrogen-bond acceptors (Lipinski definition) is 6. The van der Waals surface area contributed by atoms with Gasteiger partial charge in [-0.05, 0) is 61.7 Å². The summed E-state index contributed by atoms with van der Waals surface area (Å²) < 4.78 is 5.43. The molecule has 3 heterocycles. The zero-order chi connectivity index (χ0) is 24.4. The fourth-order valence-electron chi connectivity index (χ4n) is 4.86. The van der Waals surface area contributed by atoms with Gasteiger partial charge in [0.15, 0.2) is 0 Å². The number of hydrogen-bond donors (Lipinski definition) is 1. The first-order valence-electron chi connectivity index (χ1n) is 11.7. The second-order valence-electron chi connectivity index (χ2n) is 8.81. The maximum absolute atomic E-state index is 12.6. The van der Waals surface area contributed by atoms with Gasteiger partial charge in [-0.2, -0.15) is 0 Å².